The molecule has 7 nitrogen and oxygen atoms in total. The first-order valence-corrected chi connectivity index (χ1v) is 11.0. The minimum absolute atomic E-state index is 0.0140. The number of hydrogen-bond donors (Lipinski definition) is 1. The zero-order chi connectivity index (χ0) is 21.9. The van der Waals surface area contributed by atoms with Gasteiger partial charge in [0.25, 0.3) is 0 Å². The van der Waals surface area contributed by atoms with E-state index in [4.69, 9.17) is 11.6 Å². The largest absolute Gasteiger partial charge is 0.465 e. The van der Waals surface area contributed by atoms with Crippen molar-refractivity contribution in [1.82, 2.24) is 4.31 Å². The quantitative estimate of drug-likeness (QED) is 0.700. The summed E-state index contributed by atoms with van der Waals surface area (Å²) in [6.45, 7) is 0.252. The van der Waals surface area contributed by atoms with Crippen LogP contribution >= 0.6 is 11.6 Å². The van der Waals surface area contributed by atoms with E-state index in [0.29, 0.717) is 12.8 Å². The van der Waals surface area contributed by atoms with Gasteiger partial charge in [-0.25, -0.2) is 17.6 Å². The van der Waals surface area contributed by atoms with Crippen LogP contribution in [0.2, 0.25) is 5.02 Å². The maximum atomic E-state index is 13.1. The van der Waals surface area contributed by atoms with Crippen molar-refractivity contribution in [1.29, 1.82) is 0 Å². The molecule has 0 bridgehead atoms. The number of esters is 1. The summed E-state index contributed by atoms with van der Waals surface area (Å²) in [6, 6.07) is 8.91. The second kappa shape index (κ2) is 9.11. The number of rotatable bonds is 5. The molecule has 1 atom stereocenters. The van der Waals surface area contributed by atoms with Crippen LogP contribution in [-0.4, -0.2) is 44.8 Å². The van der Waals surface area contributed by atoms with Gasteiger partial charge in [-0.1, -0.05) is 11.6 Å². The molecule has 1 heterocycles. The third kappa shape index (κ3) is 4.80. The Morgan fingerprint density at radius 2 is 1.90 bits per heavy atom. The van der Waals surface area contributed by atoms with Crippen LogP contribution in [-0.2, 0) is 19.6 Å². The zero-order valence-electron chi connectivity index (χ0n) is 16.1. The maximum Gasteiger partial charge on any atom is 0.337 e. The second-order valence-corrected chi connectivity index (χ2v) is 9.18. The van der Waals surface area contributed by atoms with E-state index in [9.17, 15) is 22.4 Å². The van der Waals surface area contributed by atoms with Gasteiger partial charge in [0.05, 0.1) is 34.2 Å². The van der Waals surface area contributed by atoms with Gasteiger partial charge in [-0.05, 0) is 55.3 Å². The first-order valence-electron chi connectivity index (χ1n) is 9.17. The smallest absolute Gasteiger partial charge is 0.337 e. The van der Waals surface area contributed by atoms with Crippen LogP contribution in [0.4, 0.5) is 10.1 Å². The lowest BCUT2D eigenvalue weighted by Gasteiger charge is -2.31. The van der Waals surface area contributed by atoms with Gasteiger partial charge in [-0.15, -0.1) is 0 Å². The van der Waals surface area contributed by atoms with Crippen molar-refractivity contribution in [2.24, 2.45) is 5.92 Å². The summed E-state index contributed by atoms with van der Waals surface area (Å²) in [7, 11) is -2.60. The van der Waals surface area contributed by atoms with E-state index in [2.05, 4.69) is 10.1 Å². The summed E-state index contributed by atoms with van der Waals surface area (Å²) >= 11 is 6.12. The fourth-order valence-corrected chi connectivity index (χ4v) is 4.92. The molecule has 1 fully saturated rings. The van der Waals surface area contributed by atoms with Crippen molar-refractivity contribution in [2.45, 2.75) is 17.7 Å². The Morgan fingerprint density at radius 1 is 1.20 bits per heavy atom. The Bertz CT molecular complexity index is 1060. The standard InChI is InChI=1S/C20H20ClFN2O5S/c1-29-20(26)13-4-9-17(21)18(11-13)23-19(25)14-3-2-10-24(12-14)30(27,28)16-7-5-15(22)6-8-16/h4-9,11,14H,2-3,10,12H2,1H3,(H,23,25)/t14-/m0/s1. The highest BCUT2D eigenvalue weighted by Gasteiger charge is 2.33. The molecular weight excluding hydrogens is 435 g/mol. The molecule has 30 heavy (non-hydrogen) atoms. The number of sulfonamides is 1. The molecule has 0 aliphatic carbocycles. The molecule has 2 aromatic rings. The Balaban J connectivity index is 1.75. The van der Waals surface area contributed by atoms with Gasteiger partial charge in [-0.2, -0.15) is 4.31 Å². The van der Waals surface area contributed by atoms with Gasteiger partial charge in [0.2, 0.25) is 15.9 Å². The van der Waals surface area contributed by atoms with E-state index in [1.165, 1.54) is 41.7 Å². The summed E-state index contributed by atoms with van der Waals surface area (Å²) < 4.78 is 44.7. The lowest BCUT2D eigenvalue weighted by molar-refractivity contribution is -0.120. The van der Waals surface area contributed by atoms with Gasteiger partial charge < -0.3 is 10.1 Å². The van der Waals surface area contributed by atoms with Crippen molar-refractivity contribution >= 4 is 39.2 Å². The monoisotopic (exact) mass is 454 g/mol. The highest BCUT2D eigenvalue weighted by atomic mass is 35.5. The summed E-state index contributed by atoms with van der Waals surface area (Å²) in [5.41, 5.74) is 0.462. The molecule has 1 amide bonds. The van der Waals surface area contributed by atoms with Crippen LogP contribution in [0.5, 0.6) is 0 Å². The van der Waals surface area contributed by atoms with E-state index in [1.807, 2.05) is 0 Å². The molecule has 160 valence electrons. The maximum absolute atomic E-state index is 13.1. The fourth-order valence-electron chi connectivity index (χ4n) is 3.23. The molecule has 0 spiro atoms. The fraction of sp³-hybridized carbons (Fsp3) is 0.300. The zero-order valence-corrected chi connectivity index (χ0v) is 17.7. The normalized spacial score (nSPS) is 17.4. The minimum atomic E-state index is -3.85. The molecule has 1 aliphatic heterocycles. The molecule has 3 rings (SSSR count). The number of halogens is 2. The van der Waals surface area contributed by atoms with Crippen LogP contribution < -0.4 is 5.32 Å². The number of amides is 1. The van der Waals surface area contributed by atoms with Crippen LogP contribution in [0.25, 0.3) is 0 Å². The highest BCUT2D eigenvalue weighted by molar-refractivity contribution is 7.89. The number of benzene rings is 2. The van der Waals surface area contributed by atoms with E-state index < -0.39 is 33.6 Å². The average Bonchev–Trinajstić information content (AvgIpc) is 2.75. The first kappa shape index (κ1) is 22.2. The van der Waals surface area contributed by atoms with Crippen LogP contribution in [0.3, 0.4) is 0 Å². The highest BCUT2D eigenvalue weighted by Crippen LogP contribution is 2.27. The predicted molar refractivity (Wildman–Crippen MR) is 109 cm³/mol. The molecule has 1 N–H and O–H groups in total. The van der Waals surface area contributed by atoms with E-state index >= 15 is 0 Å². The van der Waals surface area contributed by atoms with Crippen LogP contribution in [0, 0.1) is 11.7 Å². The predicted octanol–water partition coefficient (Wildman–Crippen LogP) is 3.31. The van der Waals surface area contributed by atoms with E-state index in [-0.39, 0.29) is 34.3 Å². The lowest BCUT2D eigenvalue weighted by Crippen LogP contribution is -2.43. The number of hydrogen-bond acceptors (Lipinski definition) is 5. The molecule has 1 saturated heterocycles. The molecule has 0 saturated carbocycles. The first-order chi connectivity index (χ1) is 14.2. The summed E-state index contributed by atoms with van der Waals surface area (Å²) in [6.07, 6.45) is 0.990. The molecule has 2 aromatic carbocycles. The summed E-state index contributed by atoms with van der Waals surface area (Å²) in [5, 5.41) is 2.91. The number of carbonyl (C=O) groups excluding carboxylic acids is 2. The minimum Gasteiger partial charge on any atom is -0.465 e. The third-order valence-electron chi connectivity index (χ3n) is 4.85. The average molecular weight is 455 g/mol. The van der Waals surface area contributed by atoms with Gasteiger partial charge in [0.15, 0.2) is 0 Å². The third-order valence-corrected chi connectivity index (χ3v) is 7.06. The van der Waals surface area contributed by atoms with E-state index in [0.717, 1.165) is 12.1 Å². The summed E-state index contributed by atoms with van der Waals surface area (Å²) in [4.78, 5) is 24.4. The Hall–Kier alpha value is -2.49. The topological polar surface area (TPSA) is 92.8 Å². The number of anilines is 1. The number of carbonyl (C=O) groups is 2. The van der Waals surface area contributed by atoms with Crippen LogP contribution in [0.15, 0.2) is 47.4 Å². The van der Waals surface area contributed by atoms with Crippen molar-refractivity contribution in [3.63, 3.8) is 0 Å². The Kier molecular flexibility index (Phi) is 6.74. The number of piperidine rings is 1. The second-order valence-electron chi connectivity index (χ2n) is 6.83. The van der Waals surface area contributed by atoms with Gasteiger partial charge >= 0.3 is 5.97 Å². The van der Waals surface area contributed by atoms with Crippen LogP contribution in [0.1, 0.15) is 23.2 Å². The summed E-state index contributed by atoms with van der Waals surface area (Å²) in [5.74, 6) is -2.11. The number of nitrogens with zero attached hydrogens (tertiary/aromatic N) is 1. The lowest BCUT2D eigenvalue weighted by atomic mass is 9.98. The number of methoxy groups -OCH3 is 1. The van der Waals surface area contributed by atoms with Crippen molar-refractivity contribution < 1.29 is 27.1 Å². The van der Waals surface area contributed by atoms with E-state index in [1.54, 1.807) is 0 Å². The number of nitrogens with one attached hydrogen (secondary N) is 1. The molecule has 10 heteroatoms. The van der Waals surface area contributed by atoms with Gasteiger partial charge in [0.1, 0.15) is 5.82 Å². The molecule has 1 aliphatic rings. The molecule has 0 aromatic heterocycles. The van der Waals surface area contributed by atoms with Crippen molar-refractivity contribution in [3.8, 4) is 0 Å². The SMILES string of the molecule is COC(=O)c1ccc(Cl)c(NC(=O)[C@H]2CCCN(S(=O)(=O)c3ccc(F)cc3)C2)c1. The molecule has 0 unspecified atom stereocenters. The Labute approximate surface area is 178 Å². The van der Waals surface area contributed by atoms with Gasteiger partial charge in [0, 0.05) is 13.1 Å². The molecule has 0 radical (unpaired) electrons. The van der Waals surface area contributed by atoms with Gasteiger partial charge in [-0.3, -0.25) is 4.79 Å². The molecular formula is C20H20ClFN2O5S. The Morgan fingerprint density at radius 3 is 2.57 bits per heavy atom. The number of ether oxygens (including phenoxy) is 1. The van der Waals surface area contributed by atoms with Crippen molar-refractivity contribution in [2.75, 3.05) is 25.5 Å². The van der Waals surface area contributed by atoms with Crippen molar-refractivity contribution in [3.05, 3.63) is 58.9 Å².